The van der Waals surface area contributed by atoms with Crippen molar-refractivity contribution in [2.75, 3.05) is 19.0 Å². The fourth-order valence-corrected chi connectivity index (χ4v) is 3.13. The Balaban J connectivity index is 1.55. The van der Waals surface area contributed by atoms with Crippen LogP contribution in [0.15, 0.2) is 30.9 Å². The van der Waals surface area contributed by atoms with Gasteiger partial charge in [0, 0.05) is 5.92 Å². The smallest absolute Gasteiger partial charge is 0.264 e. The van der Waals surface area contributed by atoms with Gasteiger partial charge < -0.3 is 9.47 Å². The molecule has 0 radical (unpaired) electrons. The molecule has 1 N–H and O–H groups in total. The van der Waals surface area contributed by atoms with Crippen molar-refractivity contribution in [3.63, 3.8) is 0 Å². The van der Waals surface area contributed by atoms with Gasteiger partial charge in [-0.2, -0.15) is 0 Å². The Morgan fingerprint density at radius 1 is 1.42 bits per heavy atom. The molecule has 1 heterocycles. The highest BCUT2D eigenvalue weighted by Gasteiger charge is 2.27. The summed E-state index contributed by atoms with van der Waals surface area (Å²) in [5.41, 5.74) is 1.07. The zero-order chi connectivity index (χ0) is 16.9. The number of allylic oxidation sites excluding steroid dienone is 1. The summed E-state index contributed by atoms with van der Waals surface area (Å²) in [6.45, 7) is 3.60. The number of aromatic nitrogens is 2. The molecule has 0 aliphatic heterocycles. The van der Waals surface area contributed by atoms with Crippen LogP contribution in [0.3, 0.4) is 0 Å². The Hall–Kier alpha value is -2.41. The molecule has 0 spiro atoms. The molecule has 7 heteroatoms. The average Bonchev–Trinajstić information content (AvgIpc) is 3.34. The van der Waals surface area contributed by atoms with Gasteiger partial charge in [-0.25, -0.2) is 0 Å². The monoisotopic (exact) mass is 345 g/mol. The van der Waals surface area contributed by atoms with E-state index in [4.69, 9.17) is 9.47 Å². The van der Waals surface area contributed by atoms with E-state index >= 15 is 0 Å². The summed E-state index contributed by atoms with van der Waals surface area (Å²) < 4.78 is 10.9. The molecule has 2 aromatic rings. The van der Waals surface area contributed by atoms with Crippen LogP contribution in [0.5, 0.6) is 11.5 Å². The molecule has 1 fully saturated rings. The number of hydrogen-bond donors (Lipinski definition) is 1. The summed E-state index contributed by atoms with van der Waals surface area (Å²) in [5, 5.41) is 12.3. The number of carbonyl (C=O) groups is 1. The summed E-state index contributed by atoms with van der Waals surface area (Å²) in [6, 6.07) is 5.59. The first-order valence-electron chi connectivity index (χ1n) is 7.73. The van der Waals surface area contributed by atoms with E-state index in [9.17, 15) is 4.79 Å². The molecule has 1 aromatic heterocycles. The van der Waals surface area contributed by atoms with Crippen molar-refractivity contribution in [1.29, 1.82) is 0 Å². The van der Waals surface area contributed by atoms with Gasteiger partial charge in [0.2, 0.25) is 5.13 Å². The summed E-state index contributed by atoms with van der Waals surface area (Å²) in [7, 11) is 1.57. The van der Waals surface area contributed by atoms with Crippen LogP contribution in [0, 0.1) is 0 Å². The second-order valence-corrected chi connectivity index (χ2v) is 6.54. The molecule has 1 aliphatic rings. The molecule has 1 aromatic carbocycles. The fraction of sp³-hybridized carbons (Fsp3) is 0.353. The number of carbonyl (C=O) groups excluding carboxylic acids is 1. The van der Waals surface area contributed by atoms with Gasteiger partial charge in [0.05, 0.1) is 7.11 Å². The molecule has 1 saturated carbocycles. The van der Waals surface area contributed by atoms with Gasteiger partial charge in [-0.15, -0.1) is 16.8 Å². The van der Waals surface area contributed by atoms with Gasteiger partial charge in [-0.1, -0.05) is 23.5 Å². The van der Waals surface area contributed by atoms with Crippen molar-refractivity contribution in [1.82, 2.24) is 10.2 Å². The maximum Gasteiger partial charge on any atom is 0.264 e. The minimum Gasteiger partial charge on any atom is -0.493 e. The van der Waals surface area contributed by atoms with E-state index in [-0.39, 0.29) is 12.5 Å². The Bertz CT molecular complexity index is 740. The van der Waals surface area contributed by atoms with E-state index in [1.165, 1.54) is 11.3 Å². The molecule has 0 bridgehead atoms. The van der Waals surface area contributed by atoms with Crippen molar-refractivity contribution in [3.05, 3.63) is 41.4 Å². The average molecular weight is 345 g/mol. The van der Waals surface area contributed by atoms with Crippen molar-refractivity contribution < 1.29 is 14.3 Å². The van der Waals surface area contributed by atoms with Crippen molar-refractivity contribution in [2.24, 2.45) is 0 Å². The number of hydrogen-bond acceptors (Lipinski definition) is 6. The first kappa shape index (κ1) is 16.4. The van der Waals surface area contributed by atoms with Crippen molar-refractivity contribution in [3.8, 4) is 11.5 Å². The van der Waals surface area contributed by atoms with E-state index < -0.39 is 0 Å². The maximum atomic E-state index is 12.0. The molecule has 0 unspecified atom stereocenters. The zero-order valence-electron chi connectivity index (χ0n) is 13.4. The number of nitrogens with zero attached hydrogens (tertiary/aromatic N) is 2. The minimum atomic E-state index is -0.272. The molecule has 6 nitrogen and oxygen atoms in total. The second-order valence-electron chi connectivity index (χ2n) is 5.53. The van der Waals surface area contributed by atoms with Gasteiger partial charge in [0.25, 0.3) is 5.91 Å². The van der Waals surface area contributed by atoms with Crippen molar-refractivity contribution >= 4 is 22.4 Å². The molecular formula is C17H19N3O3S. The highest BCUT2D eigenvalue weighted by atomic mass is 32.1. The van der Waals surface area contributed by atoms with Crippen LogP contribution in [0.4, 0.5) is 5.13 Å². The lowest BCUT2D eigenvalue weighted by molar-refractivity contribution is -0.118. The van der Waals surface area contributed by atoms with Crippen LogP contribution in [0.1, 0.15) is 29.3 Å². The second kappa shape index (κ2) is 7.44. The summed E-state index contributed by atoms with van der Waals surface area (Å²) in [4.78, 5) is 12.0. The number of amides is 1. The van der Waals surface area contributed by atoms with Crippen LogP contribution in [-0.4, -0.2) is 29.8 Å². The van der Waals surface area contributed by atoms with E-state index in [1.54, 1.807) is 13.2 Å². The van der Waals surface area contributed by atoms with Crippen LogP contribution in [-0.2, 0) is 11.2 Å². The van der Waals surface area contributed by atoms with E-state index in [0.717, 1.165) is 29.8 Å². The SMILES string of the molecule is C=CCc1ccc(OCC(=O)Nc2nnc(C3CC3)s2)c(OC)c1. The number of benzene rings is 1. The van der Waals surface area contributed by atoms with Crippen LogP contribution < -0.4 is 14.8 Å². The molecule has 1 aliphatic carbocycles. The lowest BCUT2D eigenvalue weighted by Crippen LogP contribution is -2.20. The van der Waals surface area contributed by atoms with E-state index in [2.05, 4.69) is 22.1 Å². The van der Waals surface area contributed by atoms with Crippen molar-refractivity contribution in [2.45, 2.75) is 25.2 Å². The lowest BCUT2D eigenvalue weighted by atomic mass is 10.1. The standard InChI is InChI=1S/C17H19N3O3S/c1-3-4-11-5-8-13(14(9-11)22-2)23-10-15(21)18-17-20-19-16(24-17)12-6-7-12/h3,5,8-9,12H,1,4,6-7,10H2,2H3,(H,18,20,21). The first-order chi connectivity index (χ1) is 11.7. The molecular weight excluding hydrogens is 326 g/mol. The maximum absolute atomic E-state index is 12.0. The zero-order valence-corrected chi connectivity index (χ0v) is 14.3. The van der Waals surface area contributed by atoms with Gasteiger partial charge in [-0.3, -0.25) is 10.1 Å². The van der Waals surface area contributed by atoms with Gasteiger partial charge in [0.1, 0.15) is 5.01 Å². The number of rotatable bonds is 8. The molecule has 0 saturated heterocycles. The number of nitrogens with one attached hydrogen (secondary N) is 1. The molecule has 3 rings (SSSR count). The first-order valence-corrected chi connectivity index (χ1v) is 8.55. The Kier molecular flexibility index (Phi) is 5.10. The third-order valence-electron chi connectivity index (χ3n) is 3.58. The summed E-state index contributed by atoms with van der Waals surface area (Å²) >= 11 is 1.42. The highest BCUT2D eigenvalue weighted by Crippen LogP contribution is 2.42. The van der Waals surface area contributed by atoms with Crippen LogP contribution in [0.2, 0.25) is 0 Å². The molecule has 126 valence electrons. The molecule has 1 amide bonds. The largest absolute Gasteiger partial charge is 0.493 e. The quantitative estimate of drug-likeness (QED) is 0.744. The topological polar surface area (TPSA) is 73.3 Å². The van der Waals surface area contributed by atoms with Gasteiger partial charge in [0.15, 0.2) is 18.1 Å². The lowest BCUT2D eigenvalue weighted by Gasteiger charge is -2.11. The Labute approximate surface area is 144 Å². The van der Waals surface area contributed by atoms with E-state index in [1.807, 2.05) is 18.2 Å². The normalized spacial score (nSPS) is 13.4. The predicted molar refractivity (Wildman–Crippen MR) is 92.9 cm³/mol. The third kappa shape index (κ3) is 4.11. The minimum absolute atomic E-state index is 0.116. The third-order valence-corrected chi connectivity index (χ3v) is 4.58. The molecule has 0 atom stereocenters. The Morgan fingerprint density at radius 3 is 2.96 bits per heavy atom. The van der Waals surface area contributed by atoms with Gasteiger partial charge >= 0.3 is 0 Å². The number of methoxy groups -OCH3 is 1. The summed E-state index contributed by atoms with van der Waals surface area (Å²) in [6.07, 6.45) is 4.89. The number of ether oxygens (including phenoxy) is 2. The van der Waals surface area contributed by atoms with Crippen LogP contribution >= 0.6 is 11.3 Å². The fourth-order valence-electron chi connectivity index (χ4n) is 2.20. The molecule has 24 heavy (non-hydrogen) atoms. The Morgan fingerprint density at radius 2 is 2.25 bits per heavy atom. The number of anilines is 1. The predicted octanol–water partition coefficient (Wildman–Crippen LogP) is 3.17. The van der Waals surface area contributed by atoms with Gasteiger partial charge in [-0.05, 0) is 37.0 Å². The van der Waals surface area contributed by atoms with E-state index in [0.29, 0.717) is 22.5 Å². The summed E-state index contributed by atoms with van der Waals surface area (Å²) in [5.74, 6) is 1.37. The van der Waals surface area contributed by atoms with Crippen LogP contribution in [0.25, 0.3) is 0 Å². The highest BCUT2D eigenvalue weighted by molar-refractivity contribution is 7.15.